The molecule has 0 fully saturated rings. The standard InChI is InChI=1S/C9H14N2S.C2H6/c1-9(2)4-3-6-7(5-9)12-8(10)11-6;1-2/h3-5H2,1-2H3,(H2,10,11);1-2H3. The van der Waals surface area contributed by atoms with E-state index in [1.54, 1.807) is 11.3 Å². The van der Waals surface area contributed by atoms with Crippen LogP contribution in [0.4, 0.5) is 5.13 Å². The normalized spacial score (nSPS) is 18.0. The Kier molecular flexibility index (Phi) is 3.53. The van der Waals surface area contributed by atoms with E-state index in [0.29, 0.717) is 5.41 Å². The van der Waals surface area contributed by atoms with E-state index in [2.05, 4.69) is 18.8 Å². The summed E-state index contributed by atoms with van der Waals surface area (Å²) in [5.74, 6) is 0. The van der Waals surface area contributed by atoms with Crippen LogP contribution in [0.5, 0.6) is 0 Å². The van der Waals surface area contributed by atoms with Gasteiger partial charge in [0, 0.05) is 4.88 Å². The molecule has 0 unspecified atom stereocenters. The fraction of sp³-hybridized carbons (Fsp3) is 0.727. The van der Waals surface area contributed by atoms with Crippen molar-refractivity contribution in [3.63, 3.8) is 0 Å². The Hall–Kier alpha value is -0.570. The molecule has 2 rings (SSSR count). The van der Waals surface area contributed by atoms with E-state index in [1.807, 2.05) is 13.8 Å². The fourth-order valence-electron chi connectivity index (χ4n) is 1.72. The van der Waals surface area contributed by atoms with E-state index in [9.17, 15) is 0 Å². The molecule has 0 spiro atoms. The number of aryl methyl sites for hydroxylation is 1. The summed E-state index contributed by atoms with van der Waals surface area (Å²) in [6.07, 6.45) is 3.50. The van der Waals surface area contributed by atoms with Crippen molar-refractivity contribution in [3.05, 3.63) is 10.6 Å². The van der Waals surface area contributed by atoms with Gasteiger partial charge in [-0.25, -0.2) is 4.98 Å². The molecule has 1 aliphatic rings. The lowest BCUT2D eigenvalue weighted by Gasteiger charge is -2.28. The van der Waals surface area contributed by atoms with E-state index >= 15 is 0 Å². The molecule has 0 aromatic carbocycles. The molecule has 0 aliphatic heterocycles. The molecule has 2 N–H and O–H groups in total. The van der Waals surface area contributed by atoms with Crippen LogP contribution in [0.1, 0.15) is 44.7 Å². The van der Waals surface area contributed by atoms with E-state index in [-0.39, 0.29) is 0 Å². The Morgan fingerprint density at radius 1 is 1.36 bits per heavy atom. The number of aromatic nitrogens is 1. The van der Waals surface area contributed by atoms with Crippen molar-refractivity contribution >= 4 is 16.5 Å². The number of hydrogen-bond donors (Lipinski definition) is 1. The average molecular weight is 212 g/mol. The van der Waals surface area contributed by atoms with Crippen LogP contribution in [0.25, 0.3) is 0 Å². The lowest BCUT2D eigenvalue weighted by atomic mass is 9.79. The van der Waals surface area contributed by atoms with Gasteiger partial charge in [-0.05, 0) is 24.7 Å². The second-order valence-corrected chi connectivity index (χ2v) is 5.38. The van der Waals surface area contributed by atoms with Crippen LogP contribution in [-0.2, 0) is 12.8 Å². The Morgan fingerprint density at radius 3 is 2.64 bits per heavy atom. The summed E-state index contributed by atoms with van der Waals surface area (Å²) in [7, 11) is 0. The third kappa shape index (κ3) is 2.47. The second kappa shape index (κ2) is 4.30. The Labute approximate surface area is 90.6 Å². The van der Waals surface area contributed by atoms with Crippen molar-refractivity contribution in [2.24, 2.45) is 5.41 Å². The van der Waals surface area contributed by atoms with Crippen molar-refractivity contribution in [1.29, 1.82) is 0 Å². The highest BCUT2D eigenvalue weighted by Crippen LogP contribution is 2.37. The second-order valence-electron chi connectivity index (χ2n) is 4.26. The molecule has 0 bridgehead atoms. The highest BCUT2D eigenvalue weighted by atomic mass is 32.1. The Bertz CT molecular complexity index is 302. The van der Waals surface area contributed by atoms with Crippen LogP contribution < -0.4 is 5.73 Å². The number of nitrogen functional groups attached to an aromatic ring is 1. The number of hydrogen-bond acceptors (Lipinski definition) is 3. The average Bonchev–Trinajstić information content (AvgIpc) is 2.46. The predicted octanol–water partition coefficient (Wildman–Crippen LogP) is 3.27. The van der Waals surface area contributed by atoms with Crippen LogP contribution in [0, 0.1) is 5.41 Å². The summed E-state index contributed by atoms with van der Waals surface area (Å²) in [5, 5.41) is 0.734. The maximum atomic E-state index is 5.65. The van der Waals surface area contributed by atoms with Crippen LogP contribution in [0.2, 0.25) is 0 Å². The molecule has 1 heterocycles. The Balaban J connectivity index is 0.000000461. The predicted molar refractivity (Wildman–Crippen MR) is 63.7 cm³/mol. The van der Waals surface area contributed by atoms with Gasteiger partial charge in [0.05, 0.1) is 5.69 Å². The zero-order valence-electron chi connectivity index (χ0n) is 9.55. The van der Waals surface area contributed by atoms with Crippen molar-refractivity contribution in [2.75, 3.05) is 5.73 Å². The van der Waals surface area contributed by atoms with E-state index in [0.717, 1.165) is 18.0 Å². The molecular formula is C11H20N2S. The van der Waals surface area contributed by atoms with E-state index in [4.69, 9.17) is 5.73 Å². The van der Waals surface area contributed by atoms with Gasteiger partial charge >= 0.3 is 0 Å². The third-order valence-electron chi connectivity index (χ3n) is 2.47. The minimum Gasteiger partial charge on any atom is -0.375 e. The molecule has 1 aromatic heterocycles. The van der Waals surface area contributed by atoms with Gasteiger partial charge in [-0.3, -0.25) is 0 Å². The summed E-state index contributed by atoms with van der Waals surface area (Å²) in [6, 6.07) is 0. The smallest absolute Gasteiger partial charge is 0.180 e. The number of nitrogens with zero attached hydrogens (tertiary/aromatic N) is 1. The maximum absolute atomic E-state index is 5.65. The monoisotopic (exact) mass is 212 g/mol. The minimum atomic E-state index is 0.450. The molecule has 1 aliphatic carbocycles. The molecule has 0 saturated heterocycles. The zero-order chi connectivity index (χ0) is 10.8. The molecule has 2 nitrogen and oxygen atoms in total. The van der Waals surface area contributed by atoms with Gasteiger partial charge in [-0.2, -0.15) is 0 Å². The van der Waals surface area contributed by atoms with Gasteiger partial charge in [0.15, 0.2) is 5.13 Å². The van der Waals surface area contributed by atoms with Gasteiger partial charge in [-0.1, -0.05) is 27.7 Å². The van der Waals surface area contributed by atoms with Crippen molar-refractivity contribution in [3.8, 4) is 0 Å². The van der Waals surface area contributed by atoms with Crippen LogP contribution in [-0.4, -0.2) is 4.98 Å². The highest BCUT2D eigenvalue weighted by Gasteiger charge is 2.27. The molecule has 0 radical (unpaired) electrons. The molecule has 14 heavy (non-hydrogen) atoms. The van der Waals surface area contributed by atoms with Gasteiger partial charge in [0.2, 0.25) is 0 Å². The largest absolute Gasteiger partial charge is 0.375 e. The maximum Gasteiger partial charge on any atom is 0.180 e. The molecule has 1 aromatic rings. The number of thiazole rings is 1. The molecule has 0 amide bonds. The highest BCUT2D eigenvalue weighted by molar-refractivity contribution is 7.15. The number of anilines is 1. The topological polar surface area (TPSA) is 38.9 Å². The van der Waals surface area contributed by atoms with E-state index < -0.39 is 0 Å². The van der Waals surface area contributed by atoms with Crippen molar-refractivity contribution < 1.29 is 0 Å². The SMILES string of the molecule is CC.CC1(C)CCc2nc(N)sc2C1. The van der Waals surface area contributed by atoms with E-state index in [1.165, 1.54) is 17.0 Å². The first-order chi connectivity index (χ1) is 6.57. The van der Waals surface area contributed by atoms with Gasteiger partial charge in [0.1, 0.15) is 0 Å². The number of rotatable bonds is 0. The summed E-state index contributed by atoms with van der Waals surface area (Å²) < 4.78 is 0. The van der Waals surface area contributed by atoms with Crippen LogP contribution in [0.3, 0.4) is 0 Å². The Morgan fingerprint density at radius 2 is 2.00 bits per heavy atom. The fourth-order valence-corrected chi connectivity index (χ4v) is 2.85. The van der Waals surface area contributed by atoms with Gasteiger partial charge in [-0.15, -0.1) is 11.3 Å². The first-order valence-electron chi connectivity index (χ1n) is 5.31. The van der Waals surface area contributed by atoms with Gasteiger partial charge in [0.25, 0.3) is 0 Å². The summed E-state index contributed by atoms with van der Waals surface area (Å²) in [6.45, 7) is 8.62. The third-order valence-corrected chi connectivity index (χ3v) is 3.40. The summed E-state index contributed by atoms with van der Waals surface area (Å²) >= 11 is 1.66. The molecule has 0 atom stereocenters. The molecule has 80 valence electrons. The first-order valence-corrected chi connectivity index (χ1v) is 6.12. The van der Waals surface area contributed by atoms with Crippen molar-refractivity contribution in [2.45, 2.75) is 47.0 Å². The zero-order valence-corrected chi connectivity index (χ0v) is 10.4. The molecular weight excluding hydrogens is 192 g/mol. The van der Waals surface area contributed by atoms with Crippen LogP contribution in [0.15, 0.2) is 0 Å². The molecule has 0 saturated carbocycles. The minimum absolute atomic E-state index is 0.450. The first kappa shape index (κ1) is 11.5. The lowest BCUT2D eigenvalue weighted by molar-refractivity contribution is 0.316. The summed E-state index contributed by atoms with van der Waals surface area (Å²) in [5.41, 5.74) is 7.35. The lowest BCUT2D eigenvalue weighted by Crippen LogP contribution is -2.20. The van der Waals surface area contributed by atoms with Crippen molar-refractivity contribution in [1.82, 2.24) is 4.98 Å². The summed E-state index contributed by atoms with van der Waals surface area (Å²) in [4.78, 5) is 5.72. The quantitative estimate of drug-likeness (QED) is 0.717. The number of nitrogens with two attached hydrogens (primary N) is 1. The van der Waals surface area contributed by atoms with Crippen LogP contribution >= 0.6 is 11.3 Å². The van der Waals surface area contributed by atoms with Gasteiger partial charge < -0.3 is 5.73 Å². The number of fused-ring (bicyclic) bond motifs is 1. The molecule has 3 heteroatoms.